The van der Waals surface area contributed by atoms with Crippen LogP contribution in [-0.2, 0) is 23.0 Å². The highest BCUT2D eigenvalue weighted by Crippen LogP contribution is 2.24. The van der Waals surface area contributed by atoms with Crippen molar-refractivity contribution in [2.45, 2.75) is 51.1 Å². The lowest BCUT2D eigenvalue weighted by Gasteiger charge is -2.27. The van der Waals surface area contributed by atoms with Crippen LogP contribution >= 0.6 is 0 Å². The van der Waals surface area contributed by atoms with Crippen molar-refractivity contribution in [3.63, 3.8) is 0 Å². The summed E-state index contributed by atoms with van der Waals surface area (Å²) in [6.07, 6.45) is 7.62. The van der Waals surface area contributed by atoms with Gasteiger partial charge >= 0.3 is 6.03 Å². The normalized spacial score (nSPS) is 19.5. The van der Waals surface area contributed by atoms with Gasteiger partial charge in [0, 0.05) is 24.8 Å². The first kappa shape index (κ1) is 17.2. The number of urea groups is 1. The van der Waals surface area contributed by atoms with E-state index >= 15 is 0 Å². The maximum absolute atomic E-state index is 12.1. The first-order chi connectivity index (χ1) is 11.4. The molecule has 0 spiro atoms. The molecule has 1 aliphatic heterocycles. The second-order valence-electron chi connectivity index (χ2n) is 6.76. The summed E-state index contributed by atoms with van der Waals surface area (Å²) in [4.78, 5) is 12.1. The molecule has 1 aliphatic carbocycles. The molecule has 132 valence electrons. The van der Waals surface area contributed by atoms with E-state index in [-0.39, 0.29) is 12.1 Å². The average Bonchev–Trinajstić information content (AvgIpc) is 2.54. The number of amides is 2. The number of fused-ring (bicyclic) bond motifs is 1. The minimum absolute atomic E-state index is 0.183. The Bertz CT molecular complexity index is 712. The molecule has 6 nitrogen and oxygen atoms in total. The zero-order valence-electron chi connectivity index (χ0n) is 14.0. The molecule has 0 unspecified atom stereocenters. The van der Waals surface area contributed by atoms with Crippen LogP contribution in [0.2, 0.25) is 0 Å². The van der Waals surface area contributed by atoms with Crippen LogP contribution in [-0.4, -0.2) is 37.6 Å². The van der Waals surface area contributed by atoms with Gasteiger partial charge in [-0.2, -0.15) is 4.31 Å². The summed E-state index contributed by atoms with van der Waals surface area (Å²) >= 11 is 0. The minimum Gasteiger partial charge on any atom is -0.335 e. The third-order valence-corrected chi connectivity index (χ3v) is 6.10. The van der Waals surface area contributed by atoms with Crippen molar-refractivity contribution >= 4 is 21.7 Å². The molecular weight excluding hydrogens is 326 g/mol. The van der Waals surface area contributed by atoms with Crippen molar-refractivity contribution in [2.75, 3.05) is 18.1 Å². The highest BCUT2D eigenvalue weighted by molar-refractivity contribution is 7.88. The summed E-state index contributed by atoms with van der Waals surface area (Å²) in [5.74, 6) is 0. The molecule has 0 radical (unpaired) electrons. The van der Waals surface area contributed by atoms with Crippen LogP contribution in [0.1, 0.15) is 43.2 Å². The van der Waals surface area contributed by atoms with E-state index in [1.807, 2.05) is 18.2 Å². The predicted molar refractivity (Wildman–Crippen MR) is 94.4 cm³/mol. The molecule has 3 rings (SSSR count). The van der Waals surface area contributed by atoms with E-state index in [9.17, 15) is 13.2 Å². The number of anilines is 1. The van der Waals surface area contributed by atoms with Gasteiger partial charge in [0.25, 0.3) is 0 Å². The summed E-state index contributed by atoms with van der Waals surface area (Å²) in [5, 5.41) is 5.90. The number of rotatable bonds is 3. The number of hydrogen-bond donors (Lipinski definition) is 2. The summed E-state index contributed by atoms with van der Waals surface area (Å²) < 4.78 is 24.9. The fraction of sp³-hybridized carbons (Fsp3) is 0.588. The van der Waals surface area contributed by atoms with Crippen molar-refractivity contribution in [1.29, 1.82) is 0 Å². The Labute approximate surface area is 143 Å². The summed E-state index contributed by atoms with van der Waals surface area (Å²) in [6, 6.07) is 5.82. The van der Waals surface area contributed by atoms with E-state index in [0.717, 1.165) is 24.0 Å². The maximum Gasteiger partial charge on any atom is 0.319 e. The molecule has 2 N–H and O–H groups in total. The average molecular weight is 351 g/mol. The molecule has 0 atom stereocenters. The lowest BCUT2D eigenvalue weighted by Crippen LogP contribution is -2.39. The van der Waals surface area contributed by atoms with Crippen LogP contribution in [0.3, 0.4) is 0 Å². The second-order valence-corrected chi connectivity index (χ2v) is 8.75. The van der Waals surface area contributed by atoms with Gasteiger partial charge < -0.3 is 10.6 Å². The van der Waals surface area contributed by atoms with Gasteiger partial charge in [0.2, 0.25) is 10.0 Å². The summed E-state index contributed by atoms with van der Waals surface area (Å²) in [6.45, 7) is 0.884. The van der Waals surface area contributed by atoms with Gasteiger partial charge in [0.1, 0.15) is 0 Å². The third kappa shape index (κ3) is 4.27. The summed E-state index contributed by atoms with van der Waals surface area (Å²) in [5.41, 5.74) is 2.81. The molecule has 24 heavy (non-hydrogen) atoms. The molecule has 2 amide bonds. The molecule has 1 aromatic carbocycles. The largest absolute Gasteiger partial charge is 0.335 e. The van der Waals surface area contributed by atoms with E-state index in [1.165, 1.54) is 29.8 Å². The Morgan fingerprint density at radius 3 is 2.62 bits per heavy atom. The van der Waals surface area contributed by atoms with E-state index in [0.29, 0.717) is 25.2 Å². The van der Waals surface area contributed by atoms with Crippen molar-refractivity contribution in [2.24, 2.45) is 0 Å². The molecule has 1 aromatic rings. The van der Waals surface area contributed by atoms with Crippen molar-refractivity contribution in [1.82, 2.24) is 9.62 Å². The predicted octanol–water partition coefficient (Wildman–Crippen LogP) is 2.46. The first-order valence-electron chi connectivity index (χ1n) is 8.56. The quantitative estimate of drug-likeness (QED) is 0.878. The summed E-state index contributed by atoms with van der Waals surface area (Å²) in [7, 11) is -3.19. The topological polar surface area (TPSA) is 78.5 Å². The zero-order chi connectivity index (χ0) is 17.2. The van der Waals surface area contributed by atoms with Gasteiger partial charge in [0.15, 0.2) is 0 Å². The van der Waals surface area contributed by atoms with Gasteiger partial charge in [-0.15, -0.1) is 0 Å². The number of benzene rings is 1. The smallest absolute Gasteiger partial charge is 0.319 e. The lowest BCUT2D eigenvalue weighted by atomic mass is 9.96. The van der Waals surface area contributed by atoms with Crippen LogP contribution in [0.15, 0.2) is 18.2 Å². The molecule has 7 heteroatoms. The van der Waals surface area contributed by atoms with Crippen molar-refractivity contribution in [3.8, 4) is 0 Å². The standard InChI is InChI=1S/C17H25N3O3S/c1-24(22,23)20-10-9-13-7-8-16(11-14(13)12-20)19-17(21)18-15-5-3-2-4-6-15/h7-8,11,15H,2-6,9-10,12H2,1H3,(H2,18,19,21). The van der Waals surface area contributed by atoms with Gasteiger partial charge in [-0.1, -0.05) is 25.3 Å². The monoisotopic (exact) mass is 351 g/mol. The molecular formula is C17H25N3O3S. The molecule has 0 aromatic heterocycles. The number of nitrogens with zero attached hydrogens (tertiary/aromatic N) is 1. The van der Waals surface area contributed by atoms with E-state index in [1.54, 1.807) is 0 Å². The first-order valence-corrected chi connectivity index (χ1v) is 10.4. The third-order valence-electron chi connectivity index (χ3n) is 4.85. The molecule has 1 fully saturated rings. The SMILES string of the molecule is CS(=O)(=O)N1CCc2ccc(NC(=O)NC3CCCCC3)cc2C1. The Hall–Kier alpha value is -1.60. The minimum atomic E-state index is -3.19. The van der Waals surface area contributed by atoms with E-state index < -0.39 is 10.0 Å². The maximum atomic E-state index is 12.1. The Morgan fingerprint density at radius 2 is 1.92 bits per heavy atom. The highest BCUT2D eigenvalue weighted by atomic mass is 32.2. The van der Waals surface area contributed by atoms with Crippen LogP contribution in [0.25, 0.3) is 0 Å². The molecule has 1 saturated carbocycles. The Balaban J connectivity index is 1.64. The van der Waals surface area contributed by atoms with Crippen LogP contribution in [0, 0.1) is 0 Å². The van der Waals surface area contributed by atoms with Gasteiger partial charge in [-0.25, -0.2) is 13.2 Å². The van der Waals surface area contributed by atoms with Crippen LogP contribution in [0.4, 0.5) is 10.5 Å². The second kappa shape index (κ2) is 7.11. The number of hydrogen-bond acceptors (Lipinski definition) is 3. The lowest BCUT2D eigenvalue weighted by molar-refractivity contribution is 0.244. The van der Waals surface area contributed by atoms with Crippen molar-refractivity contribution in [3.05, 3.63) is 29.3 Å². The fourth-order valence-corrected chi connectivity index (χ4v) is 4.29. The van der Waals surface area contributed by atoms with E-state index in [2.05, 4.69) is 10.6 Å². The Morgan fingerprint density at radius 1 is 1.17 bits per heavy atom. The van der Waals surface area contributed by atoms with Crippen molar-refractivity contribution < 1.29 is 13.2 Å². The number of nitrogens with one attached hydrogen (secondary N) is 2. The van der Waals surface area contributed by atoms with Gasteiger partial charge in [-0.05, 0) is 42.5 Å². The highest BCUT2D eigenvalue weighted by Gasteiger charge is 2.23. The number of carbonyl (C=O) groups excluding carboxylic acids is 1. The van der Waals surface area contributed by atoms with Gasteiger partial charge in [-0.3, -0.25) is 0 Å². The molecule has 2 aliphatic rings. The fourth-order valence-electron chi connectivity index (χ4n) is 3.49. The number of carbonyl (C=O) groups is 1. The van der Waals surface area contributed by atoms with Crippen LogP contribution < -0.4 is 10.6 Å². The van der Waals surface area contributed by atoms with Gasteiger partial charge in [0.05, 0.1) is 6.26 Å². The zero-order valence-corrected chi connectivity index (χ0v) is 14.9. The van der Waals surface area contributed by atoms with E-state index in [4.69, 9.17) is 0 Å². The molecule has 0 saturated heterocycles. The molecule has 1 heterocycles. The number of sulfonamides is 1. The Kier molecular flexibility index (Phi) is 5.10. The molecule has 0 bridgehead atoms. The van der Waals surface area contributed by atoms with Crippen LogP contribution in [0.5, 0.6) is 0 Å².